The second-order valence-electron chi connectivity index (χ2n) is 1.49. The molecule has 1 fully saturated rings. The maximum absolute atomic E-state index is 8.08. The number of hydrogen-bond donors (Lipinski definition) is 0. The predicted octanol–water partition coefficient (Wildman–Crippen LogP) is 0.267. The number of hydrogen-bond acceptors (Lipinski definition) is 0. The molecule has 0 unspecified atom stereocenters. The fourth-order valence-electron chi connectivity index (χ4n) is 0.245. The average molecular weight is 68.1 g/mol. The first kappa shape index (κ1) is 2.88. The molecule has 1 aliphatic carbocycles. The van der Waals surface area contributed by atoms with Crippen molar-refractivity contribution in [2.24, 2.45) is 5.92 Å². The quantitative estimate of drug-likeness (QED) is 0.393. The standard InChI is InChI=1S/C4H6N/c5-3-4-1-2-4/h3-4H,1-2H2. The molecule has 0 amide bonds. The Labute approximate surface area is 31.5 Å². The molecule has 0 aromatic heterocycles. The summed E-state index contributed by atoms with van der Waals surface area (Å²) in [5.41, 5.74) is 0. The lowest BCUT2D eigenvalue weighted by Gasteiger charge is -1.58. The Hall–Kier alpha value is -0.330. The third-order valence-corrected chi connectivity index (χ3v) is 0.833. The maximum Gasteiger partial charge on any atom is 0.0301 e. The SMILES string of the molecule is [N]=CC1CC1. The average Bonchev–Trinajstić information content (AvgIpc) is 2.12. The monoisotopic (exact) mass is 68.1 g/mol. The van der Waals surface area contributed by atoms with Crippen LogP contribution in [0.1, 0.15) is 12.8 Å². The molecule has 0 bridgehead atoms. The topological polar surface area (TPSA) is 22.3 Å². The molecule has 1 heteroatoms. The first-order valence-corrected chi connectivity index (χ1v) is 1.91. The lowest BCUT2D eigenvalue weighted by molar-refractivity contribution is 1.24. The van der Waals surface area contributed by atoms with Gasteiger partial charge in [0.25, 0.3) is 0 Å². The first-order chi connectivity index (χ1) is 2.43. The summed E-state index contributed by atoms with van der Waals surface area (Å²) in [5, 5.41) is 8.08. The molecular formula is C4H6N. The Bertz CT molecular complexity index is 45.6. The van der Waals surface area contributed by atoms with Gasteiger partial charge < -0.3 is 0 Å². The van der Waals surface area contributed by atoms with Crippen molar-refractivity contribution in [2.45, 2.75) is 12.8 Å². The molecule has 1 saturated carbocycles. The fraction of sp³-hybridized carbons (Fsp3) is 0.750. The van der Waals surface area contributed by atoms with Crippen LogP contribution in [0.15, 0.2) is 0 Å². The molecule has 0 aromatic rings. The van der Waals surface area contributed by atoms with E-state index in [1.165, 1.54) is 19.1 Å². The summed E-state index contributed by atoms with van der Waals surface area (Å²) in [5.74, 6) is 0.565. The number of nitrogens with zero attached hydrogens (tertiary/aromatic N) is 1. The molecule has 0 N–H and O–H groups in total. The summed E-state index contributed by atoms with van der Waals surface area (Å²) >= 11 is 0. The van der Waals surface area contributed by atoms with Crippen molar-refractivity contribution in [1.29, 1.82) is 0 Å². The molecule has 1 radical (unpaired) electrons. The van der Waals surface area contributed by atoms with Gasteiger partial charge in [0, 0.05) is 6.21 Å². The molecular weight excluding hydrogens is 62.1 g/mol. The van der Waals surface area contributed by atoms with Crippen LogP contribution in [0.2, 0.25) is 0 Å². The van der Waals surface area contributed by atoms with E-state index in [1.807, 2.05) is 0 Å². The fourth-order valence-corrected chi connectivity index (χ4v) is 0.245. The molecule has 0 saturated heterocycles. The Balaban J connectivity index is 2.21. The highest BCUT2D eigenvalue weighted by atomic mass is 14.4. The van der Waals surface area contributed by atoms with Crippen molar-refractivity contribution < 1.29 is 0 Å². The second kappa shape index (κ2) is 0.814. The van der Waals surface area contributed by atoms with E-state index in [9.17, 15) is 0 Å². The van der Waals surface area contributed by atoms with E-state index in [4.69, 9.17) is 5.41 Å². The van der Waals surface area contributed by atoms with Gasteiger partial charge in [-0.2, -0.15) is 5.41 Å². The van der Waals surface area contributed by atoms with Crippen molar-refractivity contribution >= 4 is 6.21 Å². The summed E-state index contributed by atoms with van der Waals surface area (Å²) in [7, 11) is 0. The summed E-state index contributed by atoms with van der Waals surface area (Å²) in [6.45, 7) is 0. The summed E-state index contributed by atoms with van der Waals surface area (Å²) < 4.78 is 0. The van der Waals surface area contributed by atoms with Crippen LogP contribution in [0.3, 0.4) is 0 Å². The molecule has 1 rings (SSSR count). The van der Waals surface area contributed by atoms with Gasteiger partial charge >= 0.3 is 0 Å². The van der Waals surface area contributed by atoms with Crippen LogP contribution in [-0.4, -0.2) is 6.21 Å². The third-order valence-electron chi connectivity index (χ3n) is 0.833. The number of rotatable bonds is 1. The zero-order valence-electron chi connectivity index (χ0n) is 3.02. The molecule has 0 aromatic carbocycles. The van der Waals surface area contributed by atoms with E-state index in [0.717, 1.165) is 0 Å². The van der Waals surface area contributed by atoms with Crippen LogP contribution >= 0.6 is 0 Å². The Morgan fingerprint density at radius 3 is 2.20 bits per heavy atom. The van der Waals surface area contributed by atoms with Crippen LogP contribution < -0.4 is 5.41 Å². The molecule has 1 aliphatic rings. The molecule has 5 heavy (non-hydrogen) atoms. The zero-order valence-corrected chi connectivity index (χ0v) is 3.02. The van der Waals surface area contributed by atoms with Crippen molar-refractivity contribution in [3.8, 4) is 0 Å². The van der Waals surface area contributed by atoms with Crippen LogP contribution in [0, 0.1) is 5.92 Å². The lowest BCUT2D eigenvalue weighted by atomic mass is 10.5. The van der Waals surface area contributed by atoms with Gasteiger partial charge in [0.1, 0.15) is 0 Å². The van der Waals surface area contributed by atoms with Crippen LogP contribution in [0.25, 0.3) is 0 Å². The van der Waals surface area contributed by atoms with E-state index >= 15 is 0 Å². The van der Waals surface area contributed by atoms with Crippen molar-refractivity contribution in [2.75, 3.05) is 0 Å². The highest BCUT2D eigenvalue weighted by Crippen LogP contribution is 2.25. The molecule has 0 heterocycles. The van der Waals surface area contributed by atoms with Crippen molar-refractivity contribution in [3.63, 3.8) is 0 Å². The second-order valence-corrected chi connectivity index (χ2v) is 1.49. The van der Waals surface area contributed by atoms with E-state index in [1.54, 1.807) is 0 Å². The minimum Gasteiger partial charge on any atom is -0.164 e. The molecule has 0 spiro atoms. The Kier molecular flexibility index (Phi) is 0.469. The molecule has 27 valence electrons. The van der Waals surface area contributed by atoms with Gasteiger partial charge in [-0.05, 0) is 18.8 Å². The molecule has 1 nitrogen and oxygen atoms in total. The van der Waals surface area contributed by atoms with Gasteiger partial charge in [0.15, 0.2) is 0 Å². The smallest absolute Gasteiger partial charge is 0.0301 e. The molecule has 0 aliphatic heterocycles. The van der Waals surface area contributed by atoms with E-state index < -0.39 is 0 Å². The molecule has 0 atom stereocenters. The van der Waals surface area contributed by atoms with Gasteiger partial charge in [-0.3, -0.25) is 0 Å². The van der Waals surface area contributed by atoms with Crippen molar-refractivity contribution in [1.82, 2.24) is 5.41 Å². The van der Waals surface area contributed by atoms with Crippen LogP contribution in [-0.2, 0) is 0 Å². The Morgan fingerprint density at radius 1 is 1.60 bits per heavy atom. The van der Waals surface area contributed by atoms with E-state index in [0.29, 0.717) is 5.92 Å². The van der Waals surface area contributed by atoms with Gasteiger partial charge in [0.2, 0.25) is 0 Å². The van der Waals surface area contributed by atoms with Gasteiger partial charge in [-0.1, -0.05) is 0 Å². The van der Waals surface area contributed by atoms with Gasteiger partial charge in [-0.25, -0.2) is 0 Å². The van der Waals surface area contributed by atoms with Gasteiger partial charge in [-0.15, -0.1) is 0 Å². The highest BCUT2D eigenvalue weighted by Gasteiger charge is 2.17. The highest BCUT2D eigenvalue weighted by molar-refractivity contribution is 5.60. The van der Waals surface area contributed by atoms with Crippen LogP contribution in [0.5, 0.6) is 0 Å². The third kappa shape index (κ3) is 0.469. The predicted molar refractivity (Wildman–Crippen MR) is 20.9 cm³/mol. The minimum atomic E-state index is 0.565. The summed E-state index contributed by atoms with van der Waals surface area (Å²) in [4.78, 5) is 0. The van der Waals surface area contributed by atoms with Crippen LogP contribution in [0.4, 0.5) is 0 Å². The van der Waals surface area contributed by atoms with E-state index in [2.05, 4.69) is 0 Å². The van der Waals surface area contributed by atoms with Crippen molar-refractivity contribution in [3.05, 3.63) is 0 Å². The normalized spacial score (nSPS) is 22.4. The maximum atomic E-state index is 8.08. The first-order valence-electron chi connectivity index (χ1n) is 1.91. The summed E-state index contributed by atoms with van der Waals surface area (Å²) in [6, 6.07) is 0. The van der Waals surface area contributed by atoms with E-state index in [-0.39, 0.29) is 0 Å². The largest absolute Gasteiger partial charge is 0.164 e. The lowest BCUT2D eigenvalue weighted by Crippen LogP contribution is -1.70. The zero-order chi connectivity index (χ0) is 3.70. The summed E-state index contributed by atoms with van der Waals surface area (Å²) in [6.07, 6.45) is 3.69. The Morgan fingerprint density at radius 2 is 2.20 bits per heavy atom. The van der Waals surface area contributed by atoms with Gasteiger partial charge in [0.05, 0.1) is 0 Å². The minimum absolute atomic E-state index is 0.565.